The second kappa shape index (κ2) is 6.23. The minimum absolute atomic E-state index is 0.178. The molecule has 0 saturated carbocycles. The van der Waals surface area contributed by atoms with E-state index in [9.17, 15) is 14.4 Å². The zero-order chi connectivity index (χ0) is 14.5. The minimum atomic E-state index is -1.44. The van der Waals surface area contributed by atoms with Crippen LogP contribution in [0.3, 0.4) is 0 Å². The van der Waals surface area contributed by atoms with Crippen molar-refractivity contribution >= 4 is 18.0 Å². The number of carboxylic acids is 2. The molecular formula is C11H20N2O5. The number of urea groups is 1. The van der Waals surface area contributed by atoms with Crippen molar-refractivity contribution in [3.8, 4) is 0 Å². The average molecular weight is 260 g/mol. The summed E-state index contributed by atoms with van der Waals surface area (Å²) in [6, 6.07) is -2.31. The molecule has 7 heteroatoms. The number of aliphatic carboxylic acids is 2. The summed E-state index contributed by atoms with van der Waals surface area (Å²) in [6.07, 6.45) is -0.660. The van der Waals surface area contributed by atoms with Crippen LogP contribution in [0, 0.1) is 5.41 Å². The summed E-state index contributed by atoms with van der Waals surface area (Å²) < 4.78 is 0. The molecule has 0 heterocycles. The molecule has 18 heavy (non-hydrogen) atoms. The smallest absolute Gasteiger partial charge is 0.326 e. The number of nitrogens with one attached hydrogen (secondary N) is 2. The molecule has 0 spiro atoms. The highest BCUT2D eigenvalue weighted by Gasteiger charge is 2.26. The van der Waals surface area contributed by atoms with Crippen LogP contribution < -0.4 is 10.6 Å². The SMILES string of the molecule is CC(NC(=O)NC(CC(=O)O)C(=O)O)C(C)(C)C. The average Bonchev–Trinajstić information content (AvgIpc) is 2.13. The van der Waals surface area contributed by atoms with Gasteiger partial charge in [0.25, 0.3) is 0 Å². The van der Waals surface area contributed by atoms with Gasteiger partial charge in [-0.3, -0.25) is 4.79 Å². The number of carbonyl (C=O) groups is 3. The molecule has 0 saturated heterocycles. The van der Waals surface area contributed by atoms with Crippen LogP contribution in [0.5, 0.6) is 0 Å². The monoisotopic (exact) mass is 260 g/mol. The zero-order valence-corrected chi connectivity index (χ0v) is 11.0. The van der Waals surface area contributed by atoms with Crippen LogP contribution in [0.4, 0.5) is 4.79 Å². The summed E-state index contributed by atoms with van der Waals surface area (Å²) in [5, 5.41) is 22.0. The highest BCUT2D eigenvalue weighted by molar-refractivity contribution is 5.86. The van der Waals surface area contributed by atoms with E-state index in [4.69, 9.17) is 10.2 Å². The lowest BCUT2D eigenvalue weighted by atomic mass is 9.88. The second-order valence-corrected chi connectivity index (χ2v) is 5.19. The largest absolute Gasteiger partial charge is 0.481 e. The molecule has 2 amide bonds. The van der Waals surface area contributed by atoms with Crippen molar-refractivity contribution in [2.75, 3.05) is 0 Å². The third kappa shape index (κ3) is 6.07. The number of rotatable bonds is 5. The highest BCUT2D eigenvalue weighted by Crippen LogP contribution is 2.18. The van der Waals surface area contributed by atoms with E-state index in [1.165, 1.54) is 0 Å². The molecule has 0 bridgehead atoms. The van der Waals surface area contributed by atoms with Crippen molar-refractivity contribution in [3.05, 3.63) is 0 Å². The molecule has 0 rings (SSSR count). The van der Waals surface area contributed by atoms with Crippen molar-refractivity contribution in [2.24, 2.45) is 5.41 Å². The van der Waals surface area contributed by atoms with Crippen LogP contribution in [0.1, 0.15) is 34.1 Å². The summed E-state index contributed by atoms with van der Waals surface area (Å²) in [7, 11) is 0. The maximum absolute atomic E-state index is 11.5. The third-order valence-electron chi connectivity index (χ3n) is 2.63. The maximum Gasteiger partial charge on any atom is 0.326 e. The molecule has 0 aliphatic rings. The molecule has 0 aromatic heterocycles. The number of carbonyl (C=O) groups excluding carboxylic acids is 1. The van der Waals surface area contributed by atoms with Gasteiger partial charge in [0.05, 0.1) is 6.42 Å². The molecule has 0 fully saturated rings. The van der Waals surface area contributed by atoms with Gasteiger partial charge in [0.2, 0.25) is 0 Å². The summed E-state index contributed by atoms with van der Waals surface area (Å²) in [6.45, 7) is 7.55. The first-order valence-electron chi connectivity index (χ1n) is 5.55. The lowest BCUT2D eigenvalue weighted by Crippen LogP contribution is -2.51. The summed E-state index contributed by atoms with van der Waals surface area (Å²) in [5.41, 5.74) is -0.178. The van der Waals surface area contributed by atoms with E-state index in [2.05, 4.69) is 10.6 Å². The Kier molecular flexibility index (Phi) is 5.61. The first-order valence-corrected chi connectivity index (χ1v) is 5.55. The van der Waals surface area contributed by atoms with Crippen LogP contribution in [-0.2, 0) is 9.59 Å². The summed E-state index contributed by atoms with van der Waals surface area (Å²) in [5.74, 6) is -2.66. The van der Waals surface area contributed by atoms with Gasteiger partial charge in [-0.25, -0.2) is 9.59 Å². The first-order chi connectivity index (χ1) is 8.04. The molecule has 104 valence electrons. The van der Waals surface area contributed by atoms with Crippen LogP contribution in [0.2, 0.25) is 0 Å². The third-order valence-corrected chi connectivity index (χ3v) is 2.63. The van der Waals surface area contributed by atoms with Crippen LogP contribution >= 0.6 is 0 Å². The van der Waals surface area contributed by atoms with Crippen molar-refractivity contribution in [1.82, 2.24) is 10.6 Å². The van der Waals surface area contributed by atoms with Gasteiger partial charge in [-0.15, -0.1) is 0 Å². The Bertz CT molecular complexity index is 335. The fourth-order valence-electron chi connectivity index (χ4n) is 0.988. The Morgan fingerprint density at radius 3 is 1.94 bits per heavy atom. The first kappa shape index (κ1) is 16.2. The van der Waals surface area contributed by atoms with Gasteiger partial charge in [-0.1, -0.05) is 20.8 Å². The van der Waals surface area contributed by atoms with E-state index >= 15 is 0 Å². The highest BCUT2D eigenvalue weighted by atomic mass is 16.4. The molecule has 2 unspecified atom stereocenters. The Morgan fingerprint density at radius 1 is 1.11 bits per heavy atom. The fourth-order valence-corrected chi connectivity index (χ4v) is 0.988. The van der Waals surface area contributed by atoms with Gasteiger partial charge >= 0.3 is 18.0 Å². The topological polar surface area (TPSA) is 116 Å². The van der Waals surface area contributed by atoms with Crippen LogP contribution in [0.25, 0.3) is 0 Å². The van der Waals surface area contributed by atoms with E-state index < -0.39 is 30.4 Å². The number of hydrogen-bond donors (Lipinski definition) is 4. The Morgan fingerprint density at radius 2 is 1.61 bits per heavy atom. The lowest BCUT2D eigenvalue weighted by molar-refractivity contribution is -0.145. The molecule has 7 nitrogen and oxygen atoms in total. The van der Waals surface area contributed by atoms with E-state index in [1.54, 1.807) is 6.92 Å². The molecule has 4 N–H and O–H groups in total. The van der Waals surface area contributed by atoms with Gasteiger partial charge in [0.15, 0.2) is 0 Å². The van der Waals surface area contributed by atoms with Gasteiger partial charge in [-0.05, 0) is 12.3 Å². The van der Waals surface area contributed by atoms with E-state index in [-0.39, 0.29) is 11.5 Å². The molecule has 0 radical (unpaired) electrons. The van der Waals surface area contributed by atoms with Crippen molar-refractivity contribution < 1.29 is 24.6 Å². The van der Waals surface area contributed by atoms with Crippen LogP contribution in [0.15, 0.2) is 0 Å². The number of carboxylic acid groups (broad SMARTS) is 2. The number of amides is 2. The number of hydrogen-bond acceptors (Lipinski definition) is 3. The zero-order valence-electron chi connectivity index (χ0n) is 11.0. The molecular weight excluding hydrogens is 240 g/mol. The molecule has 0 aliphatic carbocycles. The van der Waals surface area contributed by atoms with Crippen molar-refractivity contribution in [2.45, 2.75) is 46.2 Å². The van der Waals surface area contributed by atoms with Gasteiger partial charge < -0.3 is 20.8 Å². The lowest BCUT2D eigenvalue weighted by Gasteiger charge is -2.28. The molecule has 2 atom stereocenters. The summed E-state index contributed by atoms with van der Waals surface area (Å²) in [4.78, 5) is 32.7. The van der Waals surface area contributed by atoms with Gasteiger partial charge in [0, 0.05) is 6.04 Å². The van der Waals surface area contributed by atoms with Crippen molar-refractivity contribution in [1.29, 1.82) is 0 Å². The normalized spacial score (nSPS) is 14.4. The quantitative estimate of drug-likeness (QED) is 0.579. The van der Waals surface area contributed by atoms with Crippen molar-refractivity contribution in [3.63, 3.8) is 0 Å². The standard InChI is InChI=1S/C11H20N2O5/c1-6(11(2,3)4)12-10(18)13-7(9(16)17)5-8(14)15/h6-7H,5H2,1-4H3,(H,14,15)(H,16,17)(H2,12,13,18). The van der Waals surface area contributed by atoms with E-state index in [1.807, 2.05) is 20.8 Å². The summed E-state index contributed by atoms with van der Waals surface area (Å²) >= 11 is 0. The van der Waals surface area contributed by atoms with E-state index in [0.29, 0.717) is 0 Å². The maximum atomic E-state index is 11.5. The van der Waals surface area contributed by atoms with Gasteiger partial charge in [0.1, 0.15) is 6.04 Å². The molecule has 0 aliphatic heterocycles. The minimum Gasteiger partial charge on any atom is -0.481 e. The van der Waals surface area contributed by atoms with Crippen LogP contribution in [-0.4, -0.2) is 40.3 Å². The van der Waals surface area contributed by atoms with E-state index in [0.717, 1.165) is 0 Å². The Labute approximate surface area is 106 Å². The molecule has 0 aromatic carbocycles. The second-order valence-electron chi connectivity index (χ2n) is 5.19. The fraction of sp³-hybridized carbons (Fsp3) is 0.727. The predicted molar refractivity (Wildman–Crippen MR) is 64.3 cm³/mol. The van der Waals surface area contributed by atoms with Gasteiger partial charge in [-0.2, -0.15) is 0 Å². The molecule has 0 aromatic rings. The Balaban J connectivity index is 4.44. The Hall–Kier alpha value is -1.79. The predicted octanol–water partition coefficient (Wildman–Crippen LogP) is 0.648.